The summed E-state index contributed by atoms with van der Waals surface area (Å²) in [6, 6.07) is 15.3. The molecule has 0 bridgehead atoms. The Kier molecular flexibility index (Phi) is 6.59. The molecule has 3 rings (SSSR count). The normalized spacial score (nSPS) is 20.2. The van der Waals surface area contributed by atoms with Gasteiger partial charge in [0, 0.05) is 25.8 Å². The highest BCUT2D eigenvalue weighted by Gasteiger charge is 2.24. The molecule has 1 aliphatic rings. The molecule has 6 nitrogen and oxygen atoms in total. The summed E-state index contributed by atoms with van der Waals surface area (Å²) in [6.45, 7) is 6.55. The molecule has 1 amide bonds. The molecule has 2 aromatic rings. The van der Waals surface area contributed by atoms with E-state index in [2.05, 4.69) is 24.1 Å². The van der Waals surface area contributed by atoms with Crippen molar-refractivity contribution in [2.24, 2.45) is 11.8 Å². The van der Waals surface area contributed by atoms with E-state index >= 15 is 0 Å². The number of nitrogens with one attached hydrogen (secondary N) is 1. The lowest BCUT2D eigenvalue weighted by molar-refractivity contribution is -0.117. The van der Waals surface area contributed by atoms with E-state index in [-0.39, 0.29) is 10.8 Å². The molecule has 2 aromatic carbocycles. The number of amides is 1. The Morgan fingerprint density at radius 1 is 1.07 bits per heavy atom. The van der Waals surface area contributed by atoms with Gasteiger partial charge in [-0.15, -0.1) is 0 Å². The Labute approximate surface area is 173 Å². The van der Waals surface area contributed by atoms with Crippen LogP contribution >= 0.6 is 0 Å². The number of anilines is 2. The first-order chi connectivity index (χ1) is 13.8. The summed E-state index contributed by atoms with van der Waals surface area (Å²) in [5, 5.41) is 2.85. The lowest BCUT2D eigenvalue weighted by Gasteiger charge is -2.34. The number of benzene rings is 2. The number of piperidine rings is 1. The summed E-state index contributed by atoms with van der Waals surface area (Å²) in [5.74, 6) is 1.03. The van der Waals surface area contributed by atoms with Crippen molar-refractivity contribution in [3.8, 4) is 0 Å². The number of hydrogen-bond donors (Lipinski definition) is 1. The maximum Gasteiger partial charge on any atom is 0.264 e. The van der Waals surface area contributed by atoms with Gasteiger partial charge in [0.25, 0.3) is 10.0 Å². The molecule has 0 unspecified atom stereocenters. The number of carbonyl (C=O) groups is 1. The van der Waals surface area contributed by atoms with Gasteiger partial charge in [-0.3, -0.25) is 14.0 Å². The van der Waals surface area contributed by atoms with E-state index in [1.54, 1.807) is 42.5 Å². The number of carbonyl (C=O) groups excluding carboxylic acids is 1. The Morgan fingerprint density at radius 2 is 1.72 bits per heavy atom. The zero-order chi connectivity index (χ0) is 21.0. The third-order valence-electron chi connectivity index (χ3n) is 5.21. The molecule has 1 saturated heterocycles. The molecular weight excluding hydrogens is 386 g/mol. The van der Waals surface area contributed by atoms with Crippen LogP contribution in [0.5, 0.6) is 0 Å². The minimum absolute atomic E-state index is 0.128. The van der Waals surface area contributed by atoms with E-state index in [0.29, 0.717) is 29.8 Å². The Bertz CT molecular complexity index is 937. The maximum atomic E-state index is 13.0. The molecular formula is C22H29N3O3S. The first-order valence-corrected chi connectivity index (χ1v) is 11.4. The highest BCUT2D eigenvalue weighted by atomic mass is 32.2. The van der Waals surface area contributed by atoms with Gasteiger partial charge in [-0.25, -0.2) is 8.42 Å². The fourth-order valence-corrected chi connectivity index (χ4v) is 5.24. The highest BCUT2D eigenvalue weighted by molar-refractivity contribution is 7.92. The van der Waals surface area contributed by atoms with Crippen LogP contribution in [-0.4, -0.2) is 45.9 Å². The van der Waals surface area contributed by atoms with Crippen molar-refractivity contribution in [2.75, 3.05) is 36.3 Å². The molecule has 1 aliphatic heterocycles. The molecule has 156 valence electrons. The number of likely N-dealkylation sites (tertiary alicyclic amines) is 1. The van der Waals surface area contributed by atoms with Crippen molar-refractivity contribution >= 4 is 27.3 Å². The monoisotopic (exact) mass is 415 g/mol. The minimum atomic E-state index is -3.72. The molecule has 7 heteroatoms. The second-order valence-corrected chi connectivity index (χ2v) is 9.99. The van der Waals surface area contributed by atoms with Crippen LogP contribution in [0.25, 0.3) is 0 Å². The van der Waals surface area contributed by atoms with E-state index in [9.17, 15) is 13.2 Å². The zero-order valence-corrected chi connectivity index (χ0v) is 18.0. The summed E-state index contributed by atoms with van der Waals surface area (Å²) in [6.07, 6.45) is 1.19. The third kappa shape index (κ3) is 5.36. The van der Waals surface area contributed by atoms with E-state index in [4.69, 9.17) is 0 Å². The molecule has 1 N–H and O–H groups in total. The Balaban J connectivity index is 1.70. The molecule has 0 aliphatic carbocycles. The van der Waals surface area contributed by atoms with Crippen LogP contribution in [0, 0.1) is 11.8 Å². The van der Waals surface area contributed by atoms with Gasteiger partial charge in [0.1, 0.15) is 0 Å². The number of hydrogen-bond acceptors (Lipinski definition) is 4. The van der Waals surface area contributed by atoms with Crippen molar-refractivity contribution in [1.82, 2.24) is 4.90 Å². The van der Waals surface area contributed by atoms with Gasteiger partial charge in [-0.1, -0.05) is 38.1 Å². The van der Waals surface area contributed by atoms with Gasteiger partial charge in [-0.05, 0) is 48.6 Å². The third-order valence-corrected chi connectivity index (χ3v) is 6.99. The van der Waals surface area contributed by atoms with Crippen LogP contribution in [-0.2, 0) is 14.8 Å². The van der Waals surface area contributed by atoms with E-state index in [0.717, 1.165) is 13.1 Å². The van der Waals surface area contributed by atoms with Gasteiger partial charge in [0.2, 0.25) is 5.91 Å². The summed E-state index contributed by atoms with van der Waals surface area (Å²) in [7, 11) is -2.20. The average Bonchev–Trinajstić information content (AvgIpc) is 2.67. The lowest BCUT2D eigenvalue weighted by Crippen LogP contribution is -2.42. The van der Waals surface area contributed by atoms with Crippen molar-refractivity contribution in [3.63, 3.8) is 0 Å². The summed E-state index contributed by atoms with van der Waals surface area (Å²) in [4.78, 5) is 14.8. The minimum Gasteiger partial charge on any atom is -0.325 e. The number of para-hydroxylation sites is 1. The average molecular weight is 416 g/mol. The number of nitrogens with zero attached hydrogens (tertiary/aromatic N) is 2. The second-order valence-electron chi connectivity index (χ2n) is 8.02. The summed E-state index contributed by atoms with van der Waals surface area (Å²) in [5.41, 5.74) is 1.06. The van der Waals surface area contributed by atoms with Crippen molar-refractivity contribution in [1.29, 1.82) is 0 Å². The summed E-state index contributed by atoms with van der Waals surface area (Å²) < 4.78 is 27.2. The molecule has 0 saturated carbocycles. The highest BCUT2D eigenvalue weighted by Crippen LogP contribution is 2.24. The largest absolute Gasteiger partial charge is 0.325 e. The zero-order valence-electron chi connectivity index (χ0n) is 17.2. The van der Waals surface area contributed by atoms with Gasteiger partial charge in [-0.2, -0.15) is 0 Å². The van der Waals surface area contributed by atoms with Crippen LogP contribution in [0.2, 0.25) is 0 Å². The van der Waals surface area contributed by atoms with Gasteiger partial charge >= 0.3 is 0 Å². The fraction of sp³-hybridized carbons (Fsp3) is 0.409. The van der Waals surface area contributed by atoms with Crippen LogP contribution in [0.1, 0.15) is 20.3 Å². The number of rotatable bonds is 6. The van der Waals surface area contributed by atoms with Crippen molar-refractivity contribution in [3.05, 3.63) is 54.6 Å². The fourth-order valence-electron chi connectivity index (χ4n) is 3.99. The predicted octanol–water partition coefficient (Wildman–Crippen LogP) is 3.43. The molecule has 2 atom stereocenters. The van der Waals surface area contributed by atoms with Crippen LogP contribution < -0.4 is 9.62 Å². The molecule has 1 heterocycles. The second kappa shape index (κ2) is 8.97. The van der Waals surface area contributed by atoms with Gasteiger partial charge < -0.3 is 5.32 Å². The molecule has 0 spiro atoms. The van der Waals surface area contributed by atoms with Crippen LogP contribution in [0.15, 0.2) is 59.5 Å². The van der Waals surface area contributed by atoms with Crippen LogP contribution in [0.4, 0.5) is 11.4 Å². The quantitative estimate of drug-likeness (QED) is 0.785. The standard InChI is InChI=1S/C22H29N3O3S/c1-17-12-18(2)15-25(14-17)16-22(26)23-19-8-7-11-21(13-19)29(27,28)24(3)20-9-5-4-6-10-20/h4-11,13,17-18H,12,14-16H2,1-3H3,(H,23,26)/t17-,18-/m1/s1. The van der Waals surface area contributed by atoms with Crippen molar-refractivity contribution in [2.45, 2.75) is 25.2 Å². The Hall–Kier alpha value is -2.38. The van der Waals surface area contributed by atoms with E-state index in [1.165, 1.54) is 23.8 Å². The molecule has 0 aromatic heterocycles. The predicted molar refractivity (Wildman–Crippen MR) is 116 cm³/mol. The van der Waals surface area contributed by atoms with E-state index < -0.39 is 10.0 Å². The first-order valence-electron chi connectivity index (χ1n) is 9.92. The lowest BCUT2D eigenvalue weighted by atomic mass is 9.92. The summed E-state index contributed by atoms with van der Waals surface area (Å²) >= 11 is 0. The molecule has 29 heavy (non-hydrogen) atoms. The molecule has 1 fully saturated rings. The van der Waals surface area contributed by atoms with Gasteiger partial charge in [0.05, 0.1) is 17.1 Å². The van der Waals surface area contributed by atoms with Crippen molar-refractivity contribution < 1.29 is 13.2 Å². The topological polar surface area (TPSA) is 69.7 Å². The first kappa shape index (κ1) is 21.3. The van der Waals surface area contributed by atoms with Crippen LogP contribution in [0.3, 0.4) is 0 Å². The SMILES string of the molecule is C[C@@H]1C[C@@H](C)CN(CC(=O)Nc2cccc(S(=O)(=O)N(C)c3ccccc3)c2)C1. The maximum absolute atomic E-state index is 13.0. The number of sulfonamides is 1. The Morgan fingerprint density at radius 3 is 2.38 bits per heavy atom. The van der Waals surface area contributed by atoms with Gasteiger partial charge in [0.15, 0.2) is 0 Å². The van der Waals surface area contributed by atoms with E-state index in [1.807, 2.05) is 6.07 Å². The molecule has 0 radical (unpaired) electrons. The smallest absolute Gasteiger partial charge is 0.264 e.